The molecule has 6 rings (SSSR count). The van der Waals surface area contributed by atoms with Crippen LogP contribution in [-0.4, -0.2) is 35.1 Å². The van der Waals surface area contributed by atoms with Crippen molar-refractivity contribution in [1.82, 2.24) is 35.1 Å². The maximum absolute atomic E-state index is 13.8. The van der Waals surface area contributed by atoms with E-state index in [1.807, 2.05) is 30.3 Å². The Hall–Kier alpha value is -4.46. The standard InChI is InChI=1S/C23H14FN7/c24-15-3-1-2-13(8-15)16-6-7-27-23-17(16)9-20(29-23)22-21-19(30-31-22)5-4-18(28-21)14-10-25-12-26-11-14/h1-12H,(H,27,29)(H,30,31). The van der Waals surface area contributed by atoms with Crippen molar-refractivity contribution in [2.45, 2.75) is 0 Å². The lowest BCUT2D eigenvalue weighted by atomic mass is 10.0. The number of hydrogen-bond donors (Lipinski definition) is 2. The molecule has 5 heterocycles. The van der Waals surface area contributed by atoms with E-state index in [1.165, 1.54) is 18.5 Å². The third kappa shape index (κ3) is 2.93. The van der Waals surface area contributed by atoms with E-state index >= 15 is 0 Å². The third-order valence-electron chi connectivity index (χ3n) is 5.19. The molecule has 1 aromatic carbocycles. The van der Waals surface area contributed by atoms with Gasteiger partial charge in [-0.1, -0.05) is 12.1 Å². The summed E-state index contributed by atoms with van der Waals surface area (Å²) in [7, 11) is 0. The fraction of sp³-hybridized carbons (Fsp3) is 0. The smallest absolute Gasteiger partial charge is 0.138 e. The second-order valence-corrected chi connectivity index (χ2v) is 7.11. The molecule has 0 atom stereocenters. The SMILES string of the molecule is Fc1cccc(-c2ccnc3[nH]c(-c4n[nH]c5ccc(-c6cncnc6)nc45)cc23)c1. The van der Waals surface area contributed by atoms with Crippen LogP contribution in [0.4, 0.5) is 4.39 Å². The number of nitrogens with one attached hydrogen (secondary N) is 2. The Morgan fingerprint density at radius 3 is 2.68 bits per heavy atom. The molecule has 8 heteroatoms. The van der Waals surface area contributed by atoms with Crippen LogP contribution < -0.4 is 0 Å². The highest BCUT2D eigenvalue weighted by atomic mass is 19.1. The number of nitrogens with zero attached hydrogens (tertiary/aromatic N) is 5. The summed E-state index contributed by atoms with van der Waals surface area (Å²) in [5.74, 6) is -0.280. The molecule has 0 spiro atoms. The molecule has 0 fully saturated rings. The van der Waals surface area contributed by atoms with Crippen molar-refractivity contribution in [3.63, 3.8) is 0 Å². The average molecular weight is 407 g/mol. The first-order chi connectivity index (χ1) is 15.3. The molecule has 7 nitrogen and oxygen atoms in total. The van der Waals surface area contributed by atoms with Crippen LogP contribution in [0.5, 0.6) is 0 Å². The minimum atomic E-state index is -0.280. The molecule has 0 aliphatic heterocycles. The molecule has 148 valence electrons. The number of pyridine rings is 2. The first-order valence-electron chi connectivity index (χ1n) is 9.61. The van der Waals surface area contributed by atoms with E-state index in [9.17, 15) is 4.39 Å². The van der Waals surface area contributed by atoms with Gasteiger partial charge in [-0.25, -0.2) is 24.3 Å². The molecule has 0 aliphatic rings. The number of benzene rings is 1. The number of halogens is 1. The molecule has 31 heavy (non-hydrogen) atoms. The minimum Gasteiger partial charge on any atom is -0.338 e. The van der Waals surface area contributed by atoms with Crippen LogP contribution in [0.15, 0.2) is 73.4 Å². The van der Waals surface area contributed by atoms with E-state index in [1.54, 1.807) is 24.7 Å². The highest BCUT2D eigenvalue weighted by Crippen LogP contribution is 2.33. The Kier molecular flexibility index (Phi) is 3.82. The first kappa shape index (κ1) is 17.4. The van der Waals surface area contributed by atoms with Crippen LogP contribution in [0.25, 0.3) is 55.8 Å². The highest BCUT2D eigenvalue weighted by molar-refractivity contribution is 5.99. The molecule has 2 N–H and O–H groups in total. The maximum atomic E-state index is 13.8. The zero-order chi connectivity index (χ0) is 20.8. The summed E-state index contributed by atoms with van der Waals surface area (Å²) < 4.78 is 13.8. The number of rotatable bonds is 3. The van der Waals surface area contributed by atoms with Crippen molar-refractivity contribution >= 4 is 22.1 Å². The fourth-order valence-electron chi connectivity index (χ4n) is 3.74. The van der Waals surface area contributed by atoms with Gasteiger partial charge < -0.3 is 4.98 Å². The Morgan fingerprint density at radius 1 is 0.903 bits per heavy atom. The van der Waals surface area contributed by atoms with Crippen LogP contribution in [0, 0.1) is 5.82 Å². The van der Waals surface area contributed by atoms with E-state index in [4.69, 9.17) is 4.98 Å². The van der Waals surface area contributed by atoms with Crippen molar-refractivity contribution in [2.24, 2.45) is 0 Å². The van der Waals surface area contributed by atoms with E-state index in [-0.39, 0.29) is 5.82 Å². The van der Waals surface area contributed by atoms with Crippen LogP contribution in [0.2, 0.25) is 0 Å². The van der Waals surface area contributed by atoms with Gasteiger partial charge in [0.15, 0.2) is 0 Å². The number of H-pyrrole nitrogens is 2. The van der Waals surface area contributed by atoms with Gasteiger partial charge in [-0.3, -0.25) is 5.10 Å². The van der Waals surface area contributed by atoms with Crippen molar-refractivity contribution in [3.05, 3.63) is 79.3 Å². The quantitative estimate of drug-likeness (QED) is 0.441. The van der Waals surface area contributed by atoms with Gasteiger partial charge >= 0.3 is 0 Å². The summed E-state index contributed by atoms with van der Waals surface area (Å²) in [6.45, 7) is 0. The largest absolute Gasteiger partial charge is 0.338 e. The van der Waals surface area contributed by atoms with Gasteiger partial charge in [-0.2, -0.15) is 5.10 Å². The van der Waals surface area contributed by atoms with Crippen LogP contribution in [0.3, 0.4) is 0 Å². The van der Waals surface area contributed by atoms with Crippen LogP contribution >= 0.6 is 0 Å². The summed E-state index contributed by atoms with van der Waals surface area (Å²) >= 11 is 0. The van der Waals surface area contributed by atoms with Gasteiger partial charge in [-0.05, 0) is 47.5 Å². The second kappa shape index (κ2) is 6.81. The Balaban J connectivity index is 1.52. The molecule has 0 saturated heterocycles. The molecule has 0 radical (unpaired) electrons. The summed E-state index contributed by atoms with van der Waals surface area (Å²) in [6, 6.07) is 14.2. The first-order valence-corrected chi connectivity index (χ1v) is 9.61. The Morgan fingerprint density at radius 2 is 1.81 bits per heavy atom. The average Bonchev–Trinajstić information content (AvgIpc) is 3.43. The minimum absolute atomic E-state index is 0.280. The van der Waals surface area contributed by atoms with Crippen LogP contribution in [0.1, 0.15) is 0 Å². The monoisotopic (exact) mass is 407 g/mol. The lowest BCUT2D eigenvalue weighted by molar-refractivity contribution is 0.628. The molecule has 6 aromatic rings. The van der Waals surface area contributed by atoms with Gasteiger partial charge in [0.25, 0.3) is 0 Å². The summed E-state index contributed by atoms with van der Waals surface area (Å²) in [5.41, 5.74) is 6.93. The molecule has 0 bridgehead atoms. The zero-order valence-corrected chi connectivity index (χ0v) is 16.0. The molecular formula is C23H14FN7. The van der Waals surface area contributed by atoms with Gasteiger partial charge in [-0.15, -0.1) is 0 Å². The highest BCUT2D eigenvalue weighted by Gasteiger charge is 2.16. The summed E-state index contributed by atoms with van der Waals surface area (Å²) in [6.07, 6.45) is 6.63. The molecule has 0 aliphatic carbocycles. The van der Waals surface area contributed by atoms with Gasteiger partial charge in [0, 0.05) is 29.5 Å². The van der Waals surface area contributed by atoms with Crippen molar-refractivity contribution in [3.8, 4) is 33.8 Å². The molecule has 5 aromatic heterocycles. The van der Waals surface area contributed by atoms with Gasteiger partial charge in [0.2, 0.25) is 0 Å². The molecule has 0 unspecified atom stereocenters. The predicted octanol–water partition coefficient (Wildman–Crippen LogP) is 4.76. The lowest BCUT2D eigenvalue weighted by Gasteiger charge is -2.02. The van der Waals surface area contributed by atoms with Crippen molar-refractivity contribution in [1.29, 1.82) is 0 Å². The summed E-state index contributed by atoms with van der Waals surface area (Å²) in [4.78, 5) is 20.7. The molecular weight excluding hydrogens is 393 g/mol. The van der Waals surface area contributed by atoms with Crippen molar-refractivity contribution < 1.29 is 4.39 Å². The van der Waals surface area contributed by atoms with Gasteiger partial charge in [0.1, 0.15) is 29.0 Å². The third-order valence-corrected chi connectivity index (χ3v) is 5.19. The lowest BCUT2D eigenvalue weighted by Crippen LogP contribution is -1.87. The van der Waals surface area contributed by atoms with E-state index in [2.05, 4.69) is 30.1 Å². The molecule has 0 amide bonds. The second-order valence-electron chi connectivity index (χ2n) is 7.11. The fourth-order valence-corrected chi connectivity index (χ4v) is 3.74. The Labute approximate surface area is 175 Å². The van der Waals surface area contributed by atoms with Crippen LogP contribution in [-0.2, 0) is 0 Å². The van der Waals surface area contributed by atoms with Crippen molar-refractivity contribution in [2.75, 3.05) is 0 Å². The maximum Gasteiger partial charge on any atom is 0.138 e. The van der Waals surface area contributed by atoms with E-state index in [0.29, 0.717) is 11.3 Å². The summed E-state index contributed by atoms with van der Waals surface area (Å²) in [5, 5.41) is 8.39. The number of fused-ring (bicyclic) bond motifs is 2. The van der Waals surface area contributed by atoms with Gasteiger partial charge in [0.05, 0.1) is 16.9 Å². The topological polar surface area (TPSA) is 96.0 Å². The molecule has 0 saturated carbocycles. The predicted molar refractivity (Wildman–Crippen MR) is 115 cm³/mol. The zero-order valence-electron chi connectivity index (χ0n) is 16.0. The Bertz CT molecular complexity index is 1550. The van der Waals surface area contributed by atoms with E-state index < -0.39 is 0 Å². The normalized spacial score (nSPS) is 11.4. The van der Waals surface area contributed by atoms with E-state index in [0.717, 1.165) is 44.5 Å². The number of hydrogen-bond acceptors (Lipinski definition) is 5. The number of aromatic amines is 2. The number of aromatic nitrogens is 7.